The number of hydrogen-bond acceptors (Lipinski definition) is 3. The molecule has 0 bridgehead atoms. The Morgan fingerprint density at radius 3 is 2.57 bits per heavy atom. The van der Waals surface area contributed by atoms with Crippen LogP contribution in [0.1, 0.15) is 15.9 Å². The Balaban J connectivity index is 1.96. The van der Waals surface area contributed by atoms with E-state index in [1.165, 1.54) is 12.1 Å². The maximum Gasteiger partial charge on any atom is 0.343 e. The molecule has 0 radical (unpaired) electrons. The average Bonchev–Trinajstić information content (AvgIpc) is 2.49. The number of ether oxygens (including phenoxy) is 1. The predicted molar refractivity (Wildman–Crippen MR) is 86.5 cm³/mol. The van der Waals surface area contributed by atoms with E-state index in [4.69, 9.17) is 27.9 Å². The van der Waals surface area contributed by atoms with Crippen LogP contribution < -0.4 is 5.32 Å². The number of halogens is 3. The first kappa shape index (κ1) is 17.2. The molecule has 2 aromatic carbocycles. The fraction of sp³-hybridized carbons (Fsp3) is 0.125. The quantitative estimate of drug-likeness (QED) is 0.834. The van der Waals surface area contributed by atoms with E-state index in [-0.39, 0.29) is 5.02 Å². The van der Waals surface area contributed by atoms with Gasteiger partial charge in [0.1, 0.15) is 11.4 Å². The summed E-state index contributed by atoms with van der Waals surface area (Å²) in [6.45, 7) is 1.25. The van der Waals surface area contributed by atoms with Crippen molar-refractivity contribution in [2.45, 2.75) is 6.92 Å². The second kappa shape index (κ2) is 7.44. The Morgan fingerprint density at radius 1 is 1.17 bits per heavy atom. The van der Waals surface area contributed by atoms with Crippen LogP contribution in [-0.4, -0.2) is 18.5 Å². The van der Waals surface area contributed by atoms with E-state index in [9.17, 15) is 14.0 Å². The van der Waals surface area contributed by atoms with Crippen LogP contribution in [0.15, 0.2) is 36.4 Å². The molecule has 0 saturated carbocycles. The summed E-state index contributed by atoms with van der Waals surface area (Å²) in [6, 6.07) is 8.77. The summed E-state index contributed by atoms with van der Waals surface area (Å²) in [6.07, 6.45) is 0. The van der Waals surface area contributed by atoms with Gasteiger partial charge in [0.15, 0.2) is 6.61 Å². The van der Waals surface area contributed by atoms with Crippen LogP contribution >= 0.6 is 23.2 Å². The first-order chi connectivity index (χ1) is 10.9. The third-order valence-corrected chi connectivity index (χ3v) is 3.68. The van der Waals surface area contributed by atoms with Crippen molar-refractivity contribution in [2.24, 2.45) is 0 Å². The standard InChI is InChI=1S/C16H12Cl2FNO3/c1-9-5-6-10(7-12(9)18)20-14(21)8-23-16(22)15-11(17)3-2-4-13(15)19/h2-7H,8H2,1H3,(H,20,21). The van der Waals surface area contributed by atoms with Gasteiger partial charge in [-0.2, -0.15) is 0 Å². The lowest BCUT2D eigenvalue weighted by atomic mass is 10.2. The first-order valence-electron chi connectivity index (χ1n) is 6.55. The molecule has 0 unspecified atom stereocenters. The van der Waals surface area contributed by atoms with E-state index in [0.29, 0.717) is 10.7 Å². The molecular formula is C16H12Cl2FNO3. The molecule has 0 aliphatic carbocycles. The Morgan fingerprint density at radius 2 is 1.91 bits per heavy atom. The van der Waals surface area contributed by atoms with Gasteiger partial charge in [-0.25, -0.2) is 9.18 Å². The lowest BCUT2D eigenvalue weighted by molar-refractivity contribution is -0.119. The normalized spacial score (nSPS) is 10.3. The number of carbonyl (C=O) groups excluding carboxylic acids is 2. The smallest absolute Gasteiger partial charge is 0.343 e. The number of rotatable bonds is 4. The molecule has 0 aliphatic heterocycles. The maximum absolute atomic E-state index is 13.6. The molecule has 0 fully saturated rings. The molecule has 23 heavy (non-hydrogen) atoms. The molecule has 0 aliphatic rings. The molecule has 7 heteroatoms. The first-order valence-corrected chi connectivity index (χ1v) is 7.31. The van der Waals surface area contributed by atoms with Crippen LogP contribution in [0.3, 0.4) is 0 Å². The molecule has 2 aromatic rings. The molecule has 2 rings (SSSR count). The van der Waals surface area contributed by atoms with Crippen molar-refractivity contribution < 1.29 is 18.7 Å². The molecule has 120 valence electrons. The summed E-state index contributed by atoms with van der Waals surface area (Å²) in [5.41, 5.74) is 0.927. The van der Waals surface area contributed by atoms with Gasteiger partial charge in [-0.1, -0.05) is 35.3 Å². The third kappa shape index (κ3) is 4.43. The fourth-order valence-corrected chi connectivity index (χ4v) is 2.18. The van der Waals surface area contributed by atoms with Crippen molar-refractivity contribution in [3.8, 4) is 0 Å². The Hall–Kier alpha value is -2.11. The van der Waals surface area contributed by atoms with Gasteiger partial charge in [-0.3, -0.25) is 4.79 Å². The topological polar surface area (TPSA) is 55.4 Å². The minimum Gasteiger partial charge on any atom is -0.452 e. The van der Waals surface area contributed by atoms with Gasteiger partial charge in [0.2, 0.25) is 0 Å². The molecule has 1 N–H and O–H groups in total. The van der Waals surface area contributed by atoms with E-state index in [2.05, 4.69) is 5.32 Å². The second-order valence-corrected chi connectivity index (χ2v) is 5.50. The van der Waals surface area contributed by atoms with E-state index >= 15 is 0 Å². The van der Waals surface area contributed by atoms with E-state index in [1.54, 1.807) is 18.2 Å². The van der Waals surface area contributed by atoms with Crippen molar-refractivity contribution >= 4 is 40.8 Å². The molecule has 0 heterocycles. The SMILES string of the molecule is Cc1ccc(NC(=O)COC(=O)c2c(F)cccc2Cl)cc1Cl. The van der Waals surface area contributed by atoms with Gasteiger partial charge < -0.3 is 10.1 Å². The van der Waals surface area contributed by atoms with E-state index in [1.807, 2.05) is 6.92 Å². The van der Waals surface area contributed by atoms with Gasteiger partial charge in [0.05, 0.1) is 5.02 Å². The van der Waals surface area contributed by atoms with Crippen LogP contribution in [0.4, 0.5) is 10.1 Å². The highest BCUT2D eigenvalue weighted by Gasteiger charge is 2.18. The van der Waals surface area contributed by atoms with Gasteiger partial charge in [-0.05, 0) is 36.8 Å². The van der Waals surface area contributed by atoms with Gasteiger partial charge in [-0.15, -0.1) is 0 Å². The summed E-state index contributed by atoms with van der Waals surface area (Å²) in [4.78, 5) is 23.6. The fourth-order valence-electron chi connectivity index (χ4n) is 1.76. The molecule has 0 aromatic heterocycles. The molecule has 1 amide bonds. The summed E-state index contributed by atoms with van der Waals surface area (Å²) in [5, 5.41) is 2.93. The average molecular weight is 356 g/mol. The van der Waals surface area contributed by atoms with Crippen molar-refractivity contribution in [1.82, 2.24) is 0 Å². The van der Waals surface area contributed by atoms with Crippen LogP contribution in [0.5, 0.6) is 0 Å². The summed E-state index contributed by atoms with van der Waals surface area (Å²) in [5.74, 6) is -2.40. The molecular weight excluding hydrogens is 344 g/mol. The maximum atomic E-state index is 13.6. The zero-order chi connectivity index (χ0) is 17.0. The van der Waals surface area contributed by atoms with Gasteiger partial charge in [0.25, 0.3) is 5.91 Å². The number of aryl methyl sites for hydroxylation is 1. The lowest BCUT2D eigenvalue weighted by Crippen LogP contribution is -2.21. The van der Waals surface area contributed by atoms with Crippen LogP contribution in [0.2, 0.25) is 10.0 Å². The largest absolute Gasteiger partial charge is 0.452 e. The summed E-state index contributed by atoms with van der Waals surface area (Å²) >= 11 is 11.7. The summed E-state index contributed by atoms with van der Waals surface area (Å²) in [7, 11) is 0. The molecule has 0 atom stereocenters. The minimum atomic E-state index is -1.01. The molecule has 4 nitrogen and oxygen atoms in total. The number of benzene rings is 2. The highest BCUT2D eigenvalue weighted by molar-refractivity contribution is 6.33. The number of hydrogen-bond donors (Lipinski definition) is 1. The molecule has 0 saturated heterocycles. The Labute approximate surface area is 142 Å². The number of nitrogens with one attached hydrogen (secondary N) is 1. The van der Waals surface area contributed by atoms with Crippen LogP contribution in [0, 0.1) is 12.7 Å². The number of anilines is 1. The van der Waals surface area contributed by atoms with Gasteiger partial charge >= 0.3 is 5.97 Å². The zero-order valence-electron chi connectivity index (χ0n) is 12.0. The van der Waals surface area contributed by atoms with Crippen LogP contribution in [0.25, 0.3) is 0 Å². The lowest BCUT2D eigenvalue weighted by Gasteiger charge is -2.09. The minimum absolute atomic E-state index is 0.0827. The Kier molecular flexibility index (Phi) is 5.58. The third-order valence-electron chi connectivity index (χ3n) is 2.96. The van der Waals surface area contributed by atoms with E-state index < -0.39 is 29.9 Å². The molecule has 0 spiro atoms. The number of amides is 1. The highest BCUT2D eigenvalue weighted by atomic mass is 35.5. The Bertz CT molecular complexity index is 745. The number of carbonyl (C=O) groups is 2. The van der Waals surface area contributed by atoms with Gasteiger partial charge in [0, 0.05) is 10.7 Å². The van der Waals surface area contributed by atoms with Crippen molar-refractivity contribution in [3.05, 3.63) is 63.4 Å². The summed E-state index contributed by atoms with van der Waals surface area (Å²) < 4.78 is 18.3. The van der Waals surface area contributed by atoms with Crippen LogP contribution in [-0.2, 0) is 9.53 Å². The second-order valence-electron chi connectivity index (χ2n) is 4.68. The predicted octanol–water partition coefficient (Wildman–Crippen LogP) is 4.24. The van der Waals surface area contributed by atoms with E-state index in [0.717, 1.165) is 11.6 Å². The number of esters is 1. The van der Waals surface area contributed by atoms with Crippen molar-refractivity contribution in [1.29, 1.82) is 0 Å². The van der Waals surface area contributed by atoms with Crippen molar-refractivity contribution in [3.63, 3.8) is 0 Å². The highest BCUT2D eigenvalue weighted by Crippen LogP contribution is 2.21. The van der Waals surface area contributed by atoms with Crippen molar-refractivity contribution in [2.75, 3.05) is 11.9 Å². The zero-order valence-corrected chi connectivity index (χ0v) is 13.5. The monoisotopic (exact) mass is 355 g/mol.